The topological polar surface area (TPSA) is 127 Å². The standard InChI is InChI=1S/C24H45N3O3.C23H47N3O2.C15H28.C15H16.C8H10.C8H18.7CH4/c1-4-7-10-13-16-19-25-22(28)26(20-17-14-11-8-5-2)24(30)27(23(25)29)21-18-15-12-9-6-3;1-4-7-10-13-16-19-24-22(27)26(21-18-15-12-9-6-3)23(28)25-20-17-14-11-8-5-2;2*1-12-3-7-14(8-4-12)11-15-9-5-13(2)6-10-15;1-7-3-5-8(2)6-4-7;1-3-5-7-8-6-4-2;;;;;;;/h4-21H2,1-3H3;4-21H2,1-3H3,(H,24,27)(H,25,28);12-15H,3-11H2,1-2H3;3-10H,11H2,1-2H3;3-6H,1-2H3;3-8H2,1-2H3;7*1H4. The maximum absolute atomic E-state index is 12.9. The quantitative estimate of drug-likeness (QED) is 0.0426. The molecule has 0 aliphatic heterocycles. The molecule has 4 amide bonds. The van der Waals surface area contributed by atoms with Crippen molar-refractivity contribution in [2.45, 2.75) is 464 Å². The number of benzene rings is 3. The lowest BCUT2D eigenvalue weighted by atomic mass is 9.74. The normalized spacial score (nSPS) is 14.3. The lowest BCUT2D eigenvalue weighted by Crippen LogP contribution is -2.54. The molecule has 6 rings (SSSR count). The van der Waals surface area contributed by atoms with Crippen LogP contribution in [0.15, 0.2) is 87.2 Å². The number of hydrogen-bond acceptors (Lipinski definition) is 5. The highest BCUT2D eigenvalue weighted by atomic mass is 16.2. The molecule has 652 valence electrons. The van der Waals surface area contributed by atoms with Crippen LogP contribution in [0.2, 0.25) is 0 Å². The summed E-state index contributed by atoms with van der Waals surface area (Å²) < 4.78 is 3.93. The summed E-state index contributed by atoms with van der Waals surface area (Å²) in [5.74, 6) is 4.24. The van der Waals surface area contributed by atoms with E-state index in [2.05, 4.69) is 180 Å². The van der Waals surface area contributed by atoms with Crippen molar-refractivity contribution in [3.8, 4) is 0 Å². The van der Waals surface area contributed by atoms with Crippen molar-refractivity contribution in [3.05, 3.63) is 138 Å². The van der Waals surface area contributed by atoms with Gasteiger partial charge >= 0.3 is 29.1 Å². The van der Waals surface area contributed by atoms with Crippen molar-refractivity contribution in [3.63, 3.8) is 0 Å². The average Bonchev–Trinajstić information content (AvgIpc) is 0.786. The van der Waals surface area contributed by atoms with Gasteiger partial charge in [0.2, 0.25) is 0 Å². The lowest BCUT2D eigenvalue weighted by Gasteiger charge is -2.32. The molecule has 0 bridgehead atoms. The summed E-state index contributed by atoms with van der Waals surface area (Å²) in [5, 5.41) is 5.87. The Labute approximate surface area is 691 Å². The van der Waals surface area contributed by atoms with Crippen LogP contribution in [-0.2, 0) is 26.1 Å². The molecule has 0 radical (unpaired) electrons. The Kier molecular flexibility index (Phi) is 87.3. The van der Waals surface area contributed by atoms with Crippen molar-refractivity contribution >= 4 is 12.1 Å². The highest BCUT2D eigenvalue weighted by Gasteiger charge is 2.25. The Balaban J connectivity index is -0.000000244. The van der Waals surface area contributed by atoms with E-state index in [9.17, 15) is 24.0 Å². The SMILES string of the molecule is C.C.C.C.C.C.C.CC1CCC(CC2CCC(C)CC2)CC1.CCCCCCCC.CCCCCCCNC(=O)N(CCCCCCC)C(=O)NCCCCCCC.CCCCCCCn1c(=O)n(CCCCCCC)c(=O)n(CCCCCCC)c1=O.Cc1ccc(C)cc1.Cc1ccc(Cc2ccc(C)cc2)cc1. The minimum atomic E-state index is -0.418. The van der Waals surface area contributed by atoms with Gasteiger partial charge in [-0.1, -0.05) is 460 Å². The number of amides is 4. The summed E-state index contributed by atoms with van der Waals surface area (Å²) in [6.07, 6.45) is 56.2. The largest absolute Gasteiger partial charge is 0.338 e. The molecule has 11 nitrogen and oxygen atoms in total. The molecule has 11 heteroatoms. The van der Waals surface area contributed by atoms with Crippen LogP contribution < -0.4 is 27.7 Å². The van der Waals surface area contributed by atoms with E-state index < -0.39 is 17.1 Å². The second-order valence-corrected chi connectivity index (χ2v) is 31.6. The van der Waals surface area contributed by atoms with Gasteiger partial charge in [-0.3, -0.25) is 0 Å². The lowest BCUT2D eigenvalue weighted by molar-refractivity contribution is 0.184. The van der Waals surface area contributed by atoms with Crippen molar-refractivity contribution in [2.75, 3.05) is 19.6 Å². The second kappa shape index (κ2) is 81.4. The number of nitrogens with one attached hydrogen (secondary N) is 2. The van der Waals surface area contributed by atoms with Gasteiger partial charge < -0.3 is 10.6 Å². The smallest absolute Gasteiger partial charge is 0.336 e. The zero-order valence-electron chi connectivity index (χ0n) is 70.3. The van der Waals surface area contributed by atoms with Gasteiger partial charge in [-0.25, -0.2) is 42.6 Å². The average molecular weight is 1560 g/mol. The van der Waals surface area contributed by atoms with Crippen LogP contribution in [-0.4, -0.2) is 50.3 Å². The summed E-state index contributed by atoms with van der Waals surface area (Å²) >= 11 is 0. The Morgan fingerprint density at radius 1 is 0.315 bits per heavy atom. The first-order valence-corrected chi connectivity index (χ1v) is 43.8. The van der Waals surface area contributed by atoms with Crippen LogP contribution in [0.1, 0.15) is 444 Å². The number of carbonyl (C=O) groups excluding carboxylic acids is 2. The van der Waals surface area contributed by atoms with Gasteiger partial charge in [0.05, 0.1) is 0 Å². The Morgan fingerprint density at radius 2 is 0.532 bits per heavy atom. The van der Waals surface area contributed by atoms with Crippen molar-refractivity contribution in [2.24, 2.45) is 23.7 Å². The molecular weight excluding hydrogens is 1370 g/mol. The number of hydrogen-bond donors (Lipinski definition) is 2. The number of unbranched alkanes of at least 4 members (excludes halogenated alkanes) is 29. The van der Waals surface area contributed by atoms with Gasteiger partial charge in [0.15, 0.2) is 0 Å². The molecule has 0 atom stereocenters. The van der Waals surface area contributed by atoms with E-state index >= 15 is 0 Å². The van der Waals surface area contributed by atoms with Gasteiger partial charge in [0.1, 0.15) is 0 Å². The van der Waals surface area contributed by atoms with E-state index in [-0.39, 0.29) is 64.0 Å². The zero-order chi connectivity index (χ0) is 76.6. The Hall–Kier alpha value is -5.19. The summed E-state index contributed by atoms with van der Waals surface area (Å²) in [5.41, 5.74) is 6.81. The number of carbonyl (C=O) groups is 2. The molecule has 2 N–H and O–H groups in total. The van der Waals surface area contributed by atoms with Crippen LogP contribution in [0.25, 0.3) is 0 Å². The molecule has 3 aromatic carbocycles. The van der Waals surface area contributed by atoms with E-state index in [1.54, 1.807) is 6.42 Å². The first kappa shape index (κ1) is 119. The van der Waals surface area contributed by atoms with Gasteiger partial charge in [-0.2, -0.15) is 0 Å². The van der Waals surface area contributed by atoms with Crippen molar-refractivity contribution in [1.29, 1.82) is 0 Å². The minimum absolute atomic E-state index is 0. The van der Waals surface area contributed by atoms with E-state index in [1.165, 1.54) is 219 Å². The molecule has 2 fully saturated rings. The van der Waals surface area contributed by atoms with Crippen LogP contribution in [0.5, 0.6) is 0 Å². The summed E-state index contributed by atoms with van der Waals surface area (Å²) in [6.45, 7) is 33.9. The third-order valence-corrected chi connectivity index (χ3v) is 21.2. The molecule has 1 aromatic heterocycles. The molecular formula is C100H192N6O5. The monoisotopic (exact) mass is 1560 g/mol. The second-order valence-electron chi connectivity index (χ2n) is 31.6. The molecule has 0 spiro atoms. The number of nitrogens with zero attached hydrogens (tertiary/aromatic N) is 4. The van der Waals surface area contributed by atoms with Crippen molar-refractivity contribution in [1.82, 2.24) is 29.2 Å². The fraction of sp³-hybridized carbons (Fsp3) is 0.770. The van der Waals surface area contributed by atoms with Gasteiger partial charge in [0.25, 0.3) is 0 Å². The predicted molar refractivity (Wildman–Crippen MR) is 499 cm³/mol. The third kappa shape index (κ3) is 61.9. The molecule has 4 aromatic rings. The molecule has 0 unspecified atom stereocenters. The summed E-state index contributed by atoms with van der Waals surface area (Å²) in [4.78, 5) is 65.2. The molecule has 0 saturated heterocycles. The highest BCUT2D eigenvalue weighted by Crippen LogP contribution is 2.38. The number of urea groups is 2. The van der Waals surface area contributed by atoms with Crippen LogP contribution >= 0.6 is 0 Å². The predicted octanol–water partition coefficient (Wildman–Crippen LogP) is 30.7. The van der Waals surface area contributed by atoms with Gasteiger partial charge in [-0.15, -0.1) is 0 Å². The first-order valence-electron chi connectivity index (χ1n) is 43.8. The van der Waals surface area contributed by atoms with E-state index in [1.807, 2.05) is 0 Å². The van der Waals surface area contributed by atoms with Gasteiger partial charge in [0, 0.05) is 39.3 Å². The Morgan fingerprint density at radius 3 is 0.775 bits per heavy atom. The first-order chi connectivity index (χ1) is 50.4. The van der Waals surface area contributed by atoms with Crippen LogP contribution in [0.4, 0.5) is 9.59 Å². The van der Waals surface area contributed by atoms with E-state index in [0.29, 0.717) is 39.3 Å². The zero-order valence-corrected chi connectivity index (χ0v) is 70.3. The highest BCUT2D eigenvalue weighted by molar-refractivity contribution is 5.93. The minimum Gasteiger partial charge on any atom is -0.338 e. The third-order valence-electron chi connectivity index (χ3n) is 21.2. The Bertz CT molecular complexity index is 2560. The molecule has 111 heavy (non-hydrogen) atoms. The van der Waals surface area contributed by atoms with E-state index in [4.69, 9.17) is 0 Å². The summed E-state index contributed by atoms with van der Waals surface area (Å²) in [7, 11) is 0. The number of aromatic nitrogens is 3. The fourth-order valence-corrected chi connectivity index (χ4v) is 13.8. The number of aryl methyl sites for hydroxylation is 4. The molecule has 2 aliphatic rings. The van der Waals surface area contributed by atoms with Crippen LogP contribution in [0, 0.1) is 51.4 Å². The van der Waals surface area contributed by atoms with E-state index in [0.717, 1.165) is 146 Å². The molecule has 2 aliphatic carbocycles. The van der Waals surface area contributed by atoms with Crippen molar-refractivity contribution < 1.29 is 9.59 Å². The molecule has 2 saturated carbocycles. The number of imide groups is 1. The maximum Gasteiger partial charge on any atom is 0.336 e. The van der Waals surface area contributed by atoms with Crippen LogP contribution in [0.3, 0.4) is 0 Å². The molecule has 1 heterocycles. The fourth-order valence-electron chi connectivity index (χ4n) is 13.8. The number of rotatable bonds is 45. The van der Waals surface area contributed by atoms with Gasteiger partial charge in [-0.05, 0) is 114 Å². The summed E-state index contributed by atoms with van der Waals surface area (Å²) in [6, 6.07) is 25.5. The maximum atomic E-state index is 12.9.